The van der Waals surface area contributed by atoms with E-state index in [4.69, 9.17) is 19.2 Å². The van der Waals surface area contributed by atoms with Crippen molar-refractivity contribution in [2.75, 3.05) is 47.0 Å². The first-order valence-corrected chi connectivity index (χ1v) is 23.7. The third-order valence-electron chi connectivity index (χ3n) is 13.8. The van der Waals surface area contributed by atoms with Gasteiger partial charge >= 0.3 is 5.97 Å². The number of ether oxygens (including phenoxy) is 3. The number of rotatable bonds is 10. The molecule has 3 fully saturated rings. The molecule has 2 aromatic carbocycles. The molecule has 6 heterocycles. The molecule has 67 heavy (non-hydrogen) atoms. The number of hydrogen-bond acceptors (Lipinski definition) is 11. The summed E-state index contributed by atoms with van der Waals surface area (Å²) in [5.41, 5.74) is 9.54. The number of hydrogen-bond donors (Lipinski definition) is 3. The molecule has 2 aromatic heterocycles. The Morgan fingerprint density at radius 2 is 1.84 bits per heavy atom. The number of likely N-dealkylation sites (N-methyl/N-ethyl adjacent to an activating group) is 1. The fraction of sp³-hybridized carbons (Fsp3) is 0.529. The average molecular weight is 920 g/mol. The first-order valence-electron chi connectivity index (χ1n) is 23.7. The highest BCUT2D eigenvalue weighted by Crippen LogP contribution is 2.42. The number of fused-ring (bicyclic) bond motifs is 6. The number of cyclic esters (lactones) is 1. The smallest absolute Gasteiger partial charge is 0.324 e. The fourth-order valence-electron chi connectivity index (χ4n) is 10.2. The van der Waals surface area contributed by atoms with E-state index in [0.717, 1.165) is 44.5 Å². The lowest BCUT2D eigenvalue weighted by Gasteiger charge is -2.37. The first kappa shape index (κ1) is 47.6. The summed E-state index contributed by atoms with van der Waals surface area (Å²) in [6, 6.07) is 12.5. The second-order valence-electron chi connectivity index (χ2n) is 19.8. The lowest BCUT2D eigenvalue weighted by Crippen LogP contribution is -2.62. The molecule has 3 N–H and O–H groups in total. The summed E-state index contributed by atoms with van der Waals surface area (Å²) in [6.45, 7) is 14.0. The molecule has 4 aromatic rings. The van der Waals surface area contributed by atoms with Crippen LogP contribution in [0.1, 0.15) is 83.7 Å². The second-order valence-corrected chi connectivity index (χ2v) is 19.8. The second kappa shape index (κ2) is 19.4. The number of esters is 1. The number of nitrogens with one attached hydrogen (secondary N) is 2. The predicted octanol–water partition coefficient (Wildman–Crippen LogP) is 5.18. The number of carbonyl (C=O) groups excluding carboxylic acids is 5. The van der Waals surface area contributed by atoms with E-state index in [0.29, 0.717) is 50.9 Å². The van der Waals surface area contributed by atoms with Crippen LogP contribution in [0.2, 0.25) is 0 Å². The number of pyridine rings is 1. The van der Waals surface area contributed by atoms with Gasteiger partial charge in [0, 0.05) is 74.8 Å². The van der Waals surface area contributed by atoms with Crippen LogP contribution in [0.4, 0.5) is 0 Å². The summed E-state index contributed by atoms with van der Waals surface area (Å²) in [4.78, 5) is 77.8. The van der Waals surface area contributed by atoms with E-state index in [1.54, 1.807) is 37.4 Å². The number of amides is 4. The van der Waals surface area contributed by atoms with Gasteiger partial charge in [0.05, 0.1) is 36.6 Å². The summed E-state index contributed by atoms with van der Waals surface area (Å²) in [6.07, 6.45) is 2.99. The number of aromatic nitrogens is 2. The third-order valence-corrected chi connectivity index (χ3v) is 13.8. The number of carbonyl (C=O) groups is 5. The van der Waals surface area contributed by atoms with E-state index in [9.17, 15) is 29.1 Å². The number of nitrogens with zero attached hydrogens (tertiary/aromatic N) is 5. The average Bonchev–Trinajstić information content (AvgIpc) is 3.97. The van der Waals surface area contributed by atoms with E-state index >= 15 is 0 Å². The number of hydrazine groups is 1. The monoisotopic (exact) mass is 919 g/mol. The molecule has 0 saturated carbocycles. The van der Waals surface area contributed by atoms with Crippen molar-refractivity contribution in [3.8, 4) is 28.1 Å². The minimum atomic E-state index is -1.16. The lowest BCUT2D eigenvalue weighted by molar-refractivity contribution is -0.155. The minimum absolute atomic E-state index is 0.00973. The Morgan fingerprint density at radius 1 is 1.06 bits per heavy atom. The van der Waals surface area contributed by atoms with Crippen molar-refractivity contribution >= 4 is 40.5 Å². The molecule has 0 aliphatic carbocycles. The minimum Gasteiger partial charge on any atom is -0.508 e. The molecule has 4 aliphatic rings. The van der Waals surface area contributed by atoms with Gasteiger partial charge in [0.1, 0.15) is 23.9 Å². The molecule has 4 aliphatic heterocycles. The lowest BCUT2D eigenvalue weighted by atomic mass is 9.84. The molecule has 0 spiro atoms. The van der Waals surface area contributed by atoms with Gasteiger partial charge in [-0.05, 0) is 104 Å². The summed E-state index contributed by atoms with van der Waals surface area (Å²) in [5.74, 6) is -2.70. The maximum absolute atomic E-state index is 14.7. The zero-order valence-corrected chi connectivity index (χ0v) is 40.0. The molecule has 16 nitrogen and oxygen atoms in total. The maximum Gasteiger partial charge on any atom is 0.324 e. The van der Waals surface area contributed by atoms with Crippen LogP contribution in [0.15, 0.2) is 54.7 Å². The summed E-state index contributed by atoms with van der Waals surface area (Å²) < 4.78 is 19.4. The van der Waals surface area contributed by atoms with Crippen molar-refractivity contribution < 1.29 is 43.3 Å². The van der Waals surface area contributed by atoms with Crippen LogP contribution in [-0.4, -0.2) is 130 Å². The Labute approximate surface area is 392 Å². The fourth-order valence-corrected chi connectivity index (χ4v) is 10.2. The molecule has 358 valence electrons. The van der Waals surface area contributed by atoms with Gasteiger partial charge in [0.2, 0.25) is 11.8 Å². The molecule has 8 rings (SSSR count). The van der Waals surface area contributed by atoms with Gasteiger partial charge in [-0.1, -0.05) is 39.8 Å². The number of methoxy groups -OCH3 is 1. The van der Waals surface area contributed by atoms with Crippen LogP contribution < -0.4 is 10.7 Å². The van der Waals surface area contributed by atoms with Crippen LogP contribution in [0.3, 0.4) is 0 Å². The van der Waals surface area contributed by atoms with Crippen molar-refractivity contribution in [2.24, 2.45) is 17.3 Å². The number of phenolic OH excluding ortho intramolecular Hbond substituents is 1. The summed E-state index contributed by atoms with van der Waals surface area (Å²) in [5, 5.41) is 16.7. The number of aryl methyl sites for hydroxylation is 1. The Hall–Kier alpha value is -5.84. The van der Waals surface area contributed by atoms with E-state index in [1.807, 2.05) is 39.0 Å². The predicted molar refractivity (Wildman–Crippen MR) is 251 cm³/mol. The number of aromatic hydroxyl groups is 1. The normalized spacial score (nSPS) is 22.8. The number of phenols is 1. The van der Waals surface area contributed by atoms with Crippen molar-refractivity contribution in [3.63, 3.8) is 0 Å². The number of likely N-dealkylation sites (tertiary alicyclic amines) is 1. The Bertz CT molecular complexity index is 2550. The molecule has 3 saturated heterocycles. The quantitative estimate of drug-likeness (QED) is 0.141. The molecular weight excluding hydrogens is 855 g/mol. The molecule has 0 radical (unpaired) electrons. The standard InChI is InChI=1S/C51H65N7O9/c1-9-57-41-15-14-32-24-37(41)38(45(57)36-12-10-17-52-43(36)30(4)65-8)25-51(5,6)28-67-50(64)39-13-11-18-58(54-39)48(62)40(22-31-20-34(32)23-35(59)21-31)53-46(60)44(29(2)3)55(7)47(61)33-16-19-56(26-33)49(63)42-27-66-42/h10,12,14-15,17,20-21,23-24,29-30,33,39-40,42,44,54,59H,9,11,13,16,18-19,22,25-28H2,1-8H3,(H,53,60)/t30-,33-,39-,40-,42?,44?/m0/s1. The highest BCUT2D eigenvalue weighted by atomic mass is 16.6. The van der Waals surface area contributed by atoms with E-state index < -0.39 is 53.3 Å². The molecule has 16 heteroatoms. The molecule has 6 atom stereocenters. The molecular formula is C51H65N7O9. The van der Waals surface area contributed by atoms with Gasteiger partial charge in [-0.3, -0.25) is 34.0 Å². The van der Waals surface area contributed by atoms with E-state index in [-0.39, 0.29) is 55.7 Å². The van der Waals surface area contributed by atoms with Crippen LogP contribution >= 0.6 is 0 Å². The Kier molecular flexibility index (Phi) is 13.8. The van der Waals surface area contributed by atoms with Crippen LogP contribution in [0.5, 0.6) is 5.75 Å². The SMILES string of the molecule is CCn1c(-c2cccnc2[C@H](C)OC)c2c3cc(ccc31)-c1cc(O)cc(c1)C[C@H](NC(=O)C(C(C)C)N(C)C(=O)[C@H]1CCN(C(=O)C3CO3)C1)C(=O)N1CCC[C@H](N1)C(=O)OCC(C)(C)C2. The van der Waals surface area contributed by atoms with Gasteiger partial charge in [-0.15, -0.1) is 0 Å². The van der Waals surface area contributed by atoms with Crippen LogP contribution in [-0.2, 0) is 57.6 Å². The van der Waals surface area contributed by atoms with Gasteiger partial charge < -0.3 is 39.0 Å². The van der Waals surface area contributed by atoms with E-state index in [1.165, 1.54) is 9.91 Å². The van der Waals surface area contributed by atoms with Gasteiger partial charge in [-0.25, -0.2) is 5.43 Å². The van der Waals surface area contributed by atoms with Crippen LogP contribution in [0, 0.1) is 17.3 Å². The van der Waals surface area contributed by atoms with Gasteiger partial charge in [0.25, 0.3) is 11.8 Å². The van der Waals surface area contributed by atoms with Crippen LogP contribution in [0.25, 0.3) is 33.3 Å². The summed E-state index contributed by atoms with van der Waals surface area (Å²) >= 11 is 0. The largest absolute Gasteiger partial charge is 0.508 e. The Balaban J connectivity index is 1.18. The summed E-state index contributed by atoms with van der Waals surface area (Å²) in [7, 11) is 3.26. The molecule has 6 bridgehead atoms. The third kappa shape index (κ3) is 9.93. The number of benzene rings is 2. The number of epoxide rings is 1. The van der Waals surface area contributed by atoms with Gasteiger partial charge in [-0.2, -0.15) is 0 Å². The van der Waals surface area contributed by atoms with Crippen molar-refractivity contribution in [1.29, 1.82) is 0 Å². The highest BCUT2D eigenvalue weighted by Gasteiger charge is 2.43. The zero-order chi connectivity index (χ0) is 47.9. The molecule has 4 amide bonds. The topological polar surface area (TPSA) is 188 Å². The zero-order valence-electron chi connectivity index (χ0n) is 40.0. The van der Waals surface area contributed by atoms with Crippen molar-refractivity contribution in [2.45, 2.75) is 111 Å². The Morgan fingerprint density at radius 3 is 2.55 bits per heavy atom. The van der Waals surface area contributed by atoms with Crippen molar-refractivity contribution in [1.82, 2.24) is 35.1 Å². The highest BCUT2D eigenvalue weighted by molar-refractivity contribution is 5.96. The van der Waals surface area contributed by atoms with Crippen molar-refractivity contribution in [3.05, 3.63) is 71.5 Å². The maximum atomic E-state index is 14.7. The van der Waals surface area contributed by atoms with E-state index in [2.05, 4.69) is 54.3 Å². The van der Waals surface area contributed by atoms with Gasteiger partial charge in [0.15, 0.2) is 6.10 Å². The molecule has 2 unspecified atom stereocenters. The first-order chi connectivity index (χ1) is 32.0.